The smallest absolute Gasteiger partial charge is 0.255 e. The first-order valence-corrected chi connectivity index (χ1v) is 11.6. The van der Waals surface area contributed by atoms with Crippen LogP contribution in [0.25, 0.3) is 0 Å². The van der Waals surface area contributed by atoms with Crippen molar-refractivity contribution in [1.82, 2.24) is 20.4 Å². The molecule has 5 atom stereocenters. The number of fused-ring (bicyclic) bond motifs is 1. The number of nitrogens with one attached hydrogen (secondary N) is 2. The van der Waals surface area contributed by atoms with Crippen LogP contribution in [-0.2, 0) is 16.0 Å². The fourth-order valence-electron chi connectivity index (χ4n) is 5.84. The minimum absolute atomic E-state index is 0.0195. The number of hydrogen-bond acceptors (Lipinski definition) is 11. The van der Waals surface area contributed by atoms with Gasteiger partial charge < -0.3 is 36.8 Å². The molecule has 5 aliphatic heterocycles. The third-order valence-corrected chi connectivity index (χ3v) is 7.45. The molecule has 13 heteroatoms. The van der Waals surface area contributed by atoms with Gasteiger partial charge in [0.05, 0.1) is 30.8 Å². The van der Waals surface area contributed by atoms with E-state index in [1.165, 1.54) is 0 Å². The number of nitrogens with zero attached hydrogens (tertiary/aromatic N) is 4. The van der Waals surface area contributed by atoms with Crippen LogP contribution < -0.4 is 26.8 Å². The molecule has 1 aromatic carbocycles. The number of carbonyl (C=O) groups is 3. The molecule has 7 N–H and O–H groups in total. The lowest BCUT2D eigenvalue weighted by Crippen LogP contribution is -2.73. The Hall–Kier alpha value is -3.87. The molecule has 5 heterocycles. The van der Waals surface area contributed by atoms with Crippen molar-refractivity contribution in [3.8, 4) is 5.75 Å². The molecule has 6 rings (SSSR count). The summed E-state index contributed by atoms with van der Waals surface area (Å²) in [5.41, 5.74) is 12.4. The predicted octanol–water partition coefficient (Wildman–Crippen LogP) is -2.77. The van der Waals surface area contributed by atoms with Crippen molar-refractivity contribution in [3.05, 3.63) is 29.3 Å². The summed E-state index contributed by atoms with van der Waals surface area (Å²) in [5.74, 6) is -0.209. The number of amides is 3. The zero-order chi connectivity index (χ0) is 24.5. The number of hydrogen-bond donors (Lipinski definition) is 5. The summed E-state index contributed by atoms with van der Waals surface area (Å²) >= 11 is 0. The minimum atomic E-state index is -1.28. The number of benzene rings is 1. The molecule has 0 aliphatic carbocycles. The van der Waals surface area contributed by atoms with E-state index < -0.39 is 29.9 Å². The number of guanidine groups is 2. The topological polar surface area (TPSA) is 188 Å². The van der Waals surface area contributed by atoms with Crippen LogP contribution in [0.4, 0.5) is 0 Å². The van der Waals surface area contributed by atoms with Crippen molar-refractivity contribution in [1.29, 1.82) is 0 Å². The summed E-state index contributed by atoms with van der Waals surface area (Å²) < 4.78 is 5.65. The van der Waals surface area contributed by atoms with E-state index >= 15 is 0 Å². The van der Waals surface area contributed by atoms with E-state index in [9.17, 15) is 19.5 Å². The summed E-state index contributed by atoms with van der Waals surface area (Å²) in [5, 5.41) is 17.5. The molecule has 13 nitrogen and oxygen atoms in total. The summed E-state index contributed by atoms with van der Waals surface area (Å²) in [6.07, 6.45) is -0.140. The number of rotatable bonds is 4. The SMILES string of the molecule is NC1=NC2C(CN3C(=O)CCC3=O)N=C(N)N3CC(NC(=O)c4cccc5c4OCC5)[C@@H](O)C23N1. The Morgan fingerprint density at radius 1 is 1.23 bits per heavy atom. The fraction of sp³-hybridized carbons (Fsp3) is 0.500. The largest absolute Gasteiger partial charge is 0.492 e. The maximum absolute atomic E-state index is 13.2. The van der Waals surface area contributed by atoms with Crippen molar-refractivity contribution in [3.63, 3.8) is 0 Å². The number of para-hydroxylation sites is 1. The molecule has 1 spiro atoms. The Morgan fingerprint density at radius 2 is 2.00 bits per heavy atom. The number of aliphatic imine (C=N–C) groups is 2. The summed E-state index contributed by atoms with van der Waals surface area (Å²) in [4.78, 5) is 49.4. The molecule has 1 aromatic rings. The predicted molar refractivity (Wildman–Crippen MR) is 122 cm³/mol. The third kappa shape index (κ3) is 3.07. The Kier molecular flexibility index (Phi) is 4.68. The van der Waals surface area contributed by atoms with Crippen LogP contribution in [0.1, 0.15) is 28.8 Å². The van der Waals surface area contributed by atoms with Gasteiger partial charge in [0, 0.05) is 25.8 Å². The zero-order valence-electron chi connectivity index (χ0n) is 18.8. The van der Waals surface area contributed by atoms with E-state index in [0.717, 1.165) is 16.9 Å². The third-order valence-electron chi connectivity index (χ3n) is 7.45. The highest BCUT2D eigenvalue weighted by atomic mass is 16.5. The summed E-state index contributed by atoms with van der Waals surface area (Å²) in [6, 6.07) is 3.22. The highest BCUT2D eigenvalue weighted by molar-refractivity contribution is 6.02. The average Bonchev–Trinajstić information content (AvgIpc) is 3.58. The monoisotopic (exact) mass is 482 g/mol. The first-order chi connectivity index (χ1) is 16.8. The molecule has 0 bridgehead atoms. The van der Waals surface area contributed by atoms with Crippen molar-refractivity contribution in [2.75, 3.05) is 19.7 Å². The molecule has 35 heavy (non-hydrogen) atoms. The Labute approximate surface area is 200 Å². The van der Waals surface area contributed by atoms with Crippen LogP contribution >= 0.6 is 0 Å². The number of aliphatic hydroxyl groups excluding tert-OH is 1. The molecule has 184 valence electrons. The number of aliphatic hydroxyl groups is 1. The van der Waals surface area contributed by atoms with Crippen molar-refractivity contribution < 1.29 is 24.2 Å². The van der Waals surface area contributed by atoms with Crippen LogP contribution in [0.15, 0.2) is 28.2 Å². The van der Waals surface area contributed by atoms with Gasteiger partial charge in [-0.1, -0.05) is 12.1 Å². The van der Waals surface area contributed by atoms with Crippen LogP contribution in [0.5, 0.6) is 5.75 Å². The number of imide groups is 1. The van der Waals surface area contributed by atoms with Gasteiger partial charge in [0.2, 0.25) is 11.8 Å². The number of nitrogens with two attached hydrogens (primary N) is 2. The lowest BCUT2D eigenvalue weighted by Gasteiger charge is -2.46. The maximum atomic E-state index is 13.2. The van der Waals surface area contributed by atoms with Crippen LogP contribution in [-0.4, -0.2) is 94.1 Å². The molecular weight excluding hydrogens is 456 g/mol. The lowest BCUT2D eigenvalue weighted by atomic mass is 9.87. The highest BCUT2D eigenvalue weighted by Crippen LogP contribution is 2.40. The van der Waals surface area contributed by atoms with E-state index in [0.29, 0.717) is 17.9 Å². The molecule has 3 amide bonds. The second kappa shape index (κ2) is 7.57. The van der Waals surface area contributed by atoms with Crippen LogP contribution in [0.3, 0.4) is 0 Å². The highest BCUT2D eigenvalue weighted by Gasteiger charge is 2.65. The van der Waals surface area contributed by atoms with Gasteiger partial charge >= 0.3 is 0 Å². The molecule has 2 saturated heterocycles. The second-order valence-corrected chi connectivity index (χ2v) is 9.39. The maximum Gasteiger partial charge on any atom is 0.255 e. The van der Waals surface area contributed by atoms with Crippen LogP contribution in [0.2, 0.25) is 0 Å². The fourth-order valence-corrected chi connectivity index (χ4v) is 5.84. The quantitative estimate of drug-likeness (QED) is 0.283. The summed E-state index contributed by atoms with van der Waals surface area (Å²) in [6.45, 7) is 0.647. The van der Waals surface area contributed by atoms with Crippen LogP contribution in [0, 0.1) is 0 Å². The molecule has 4 unspecified atom stereocenters. The average molecular weight is 483 g/mol. The molecule has 5 aliphatic rings. The molecule has 0 saturated carbocycles. The van der Waals surface area contributed by atoms with Crippen molar-refractivity contribution in [2.45, 2.75) is 49.2 Å². The van der Waals surface area contributed by atoms with E-state index in [4.69, 9.17) is 16.2 Å². The van der Waals surface area contributed by atoms with E-state index in [1.54, 1.807) is 17.0 Å². The number of carbonyl (C=O) groups excluding carboxylic acids is 3. The minimum Gasteiger partial charge on any atom is -0.492 e. The van der Waals surface area contributed by atoms with Gasteiger partial charge in [-0.25, -0.2) is 9.98 Å². The van der Waals surface area contributed by atoms with E-state index in [1.807, 2.05) is 6.07 Å². The number of ether oxygens (including phenoxy) is 1. The standard InChI is InChI=1S/C22H26N8O5/c23-20-27-17-12(8-29-14(31)4-5-15(29)32)26-21(24)30-9-13(18(33)22(17,30)28-20)25-19(34)11-3-1-2-10-6-7-35-16(10)11/h1-3,12-13,17-18,33H,4-9H2,(H2,24,26)(H,25,34)(H3,23,27,28)/t12?,13?,17?,18-,22?/m1/s1. The number of likely N-dealkylation sites (tertiary alicyclic amines) is 1. The first kappa shape index (κ1) is 21.6. The van der Waals surface area contributed by atoms with E-state index in [-0.39, 0.29) is 55.6 Å². The lowest BCUT2D eigenvalue weighted by molar-refractivity contribution is -0.138. The van der Waals surface area contributed by atoms with Gasteiger partial charge in [-0.2, -0.15) is 0 Å². The Morgan fingerprint density at radius 3 is 2.77 bits per heavy atom. The van der Waals surface area contributed by atoms with Crippen molar-refractivity contribution >= 4 is 29.6 Å². The van der Waals surface area contributed by atoms with Gasteiger partial charge in [-0.05, 0) is 11.6 Å². The molecule has 0 radical (unpaired) electrons. The summed E-state index contributed by atoms with van der Waals surface area (Å²) in [7, 11) is 0. The molecular formula is C22H26N8O5. The zero-order valence-corrected chi connectivity index (χ0v) is 18.8. The normalized spacial score (nSPS) is 32.9. The van der Waals surface area contributed by atoms with Crippen molar-refractivity contribution in [2.24, 2.45) is 21.5 Å². The Balaban J connectivity index is 1.28. The molecule has 0 aromatic heterocycles. The van der Waals surface area contributed by atoms with E-state index in [2.05, 4.69) is 20.6 Å². The van der Waals surface area contributed by atoms with Gasteiger partial charge in [-0.15, -0.1) is 0 Å². The second-order valence-electron chi connectivity index (χ2n) is 9.39. The molecule has 2 fully saturated rings. The van der Waals surface area contributed by atoms with Gasteiger partial charge in [0.15, 0.2) is 17.6 Å². The van der Waals surface area contributed by atoms with Gasteiger partial charge in [0.25, 0.3) is 5.91 Å². The van der Waals surface area contributed by atoms with Gasteiger partial charge in [-0.3, -0.25) is 19.3 Å². The Bertz CT molecular complexity index is 1180. The first-order valence-electron chi connectivity index (χ1n) is 11.6. The van der Waals surface area contributed by atoms with Gasteiger partial charge in [0.1, 0.15) is 17.9 Å².